The fourth-order valence-electron chi connectivity index (χ4n) is 2.89. The molecule has 0 saturated carbocycles. The first-order valence-corrected chi connectivity index (χ1v) is 7.23. The van der Waals surface area contributed by atoms with Gasteiger partial charge in [0.05, 0.1) is 17.7 Å². The van der Waals surface area contributed by atoms with Gasteiger partial charge in [-0.25, -0.2) is 0 Å². The Labute approximate surface area is 119 Å². The van der Waals surface area contributed by atoms with Crippen LogP contribution in [0.1, 0.15) is 36.6 Å². The molecule has 1 aliphatic heterocycles. The Balaban J connectivity index is 1.92. The molecule has 2 atom stereocenters. The van der Waals surface area contributed by atoms with Crippen LogP contribution in [0.2, 0.25) is 0 Å². The molecule has 0 spiro atoms. The fraction of sp³-hybridized carbons (Fsp3) is 0.438. The first-order chi connectivity index (χ1) is 9.78. The molecule has 2 unspecified atom stereocenters. The van der Waals surface area contributed by atoms with Crippen molar-refractivity contribution in [3.05, 3.63) is 41.6 Å². The van der Waals surface area contributed by atoms with Gasteiger partial charge in [0, 0.05) is 17.7 Å². The molecule has 3 rings (SSSR count). The van der Waals surface area contributed by atoms with E-state index in [-0.39, 0.29) is 12.1 Å². The van der Waals surface area contributed by atoms with Crippen LogP contribution in [0, 0.1) is 6.92 Å². The smallest absolute Gasteiger partial charge is 0.0782 e. The zero-order valence-electron chi connectivity index (χ0n) is 11.8. The highest BCUT2D eigenvalue weighted by Gasteiger charge is 2.25. The minimum Gasteiger partial charge on any atom is -0.376 e. The molecule has 1 aromatic heterocycles. The quantitative estimate of drug-likeness (QED) is 0.665. The number of hydrogen-bond acceptors (Lipinski definition) is 4. The van der Waals surface area contributed by atoms with Gasteiger partial charge in [0.15, 0.2) is 0 Å². The minimum absolute atomic E-state index is 0.0426. The molecule has 3 N–H and O–H groups in total. The van der Waals surface area contributed by atoms with Gasteiger partial charge < -0.3 is 4.74 Å². The molecule has 106 valence electrons. The summed E-state index contributed by atoms with van der Waals surface area (Å²) in [5.41, 5.74) is 6.14. The van der Waals surface area contributed by atoms with Gasteiger partial charge in [0.1, 0.15) is 0 Å². The Morgan fingerprint density at radius 3 is 2.95 bits per heavy atom. The van der Waals surface area contributed by atoms with Crippen LogP contribution in [0.3, 0.4) is 0 Å². The Kier molecular flexibility index (Phi) is 3.96. The lowest BCUT2D eigenvalue weighted by Gasteiger charge is -2.30. The Morgan fingerprint density at radius 1 is 1.30 bits per heavy atom. The van der Waals surface area contributed by atoms with Crippen LogP contribution in [0.15, 0.2) is 30.3 Å². The molecule has 1 saturated heterocycles. The van der Waals surface area contributed by atoms with E-state index >= 15 is 0 Å². The minimum atomic E-state index is 0.0426. The van der Waals surface area contributed by atoms with E-state index in [1.807, 2.05) is 13.0 Å². The number of aromatic nitrogens is 1. The van der Waals surface area contributed by atoms with Gasteiger partial charge in [-0.15, -0.1) is 0 Å². The van der Waals surface area contributed by atoms with Crippen LogP contribution in [0.4, 0.5) is 0 Å². The Hall–Kier alpha value is -1.49. The van der Waals surface area contributed by atoms with Crippen molar-refractivity contribution in [2.45, 2.75) is 38.3 Å². The summed E-state index contributed by atoms with van der Waals surface area (Å²) in [5.74, 6) is 5.76. The van der Waals surface area contributed by atoms with E-state index in [4.69, 9.17) is 10.6 Å². The summed E-state index contributed by atoms with van der Waals surface area (Å²) < 4.78 is 5.86. The molecule has 0 amide bonds. The molecule has 0 radical (unpaired) electrons. The number of hydrogen-bond donors (Lipinski definition) is 2. The third kappa shape index (κ3) is 2.68. The van der Waals surface area contributed by atoms with Crippen LogP contribution in [0.25, 0.3) is 10.9 Å². The highest BCUT2D eigenvalue weighted by molar-refractivity contribution is 5.79. The highest BCUT2D eigenvalue weighted by atomic mass is 16.5. The highest BCUT2D eigenvalue weighted by Crippen LogP contribution is 2.27. The molecule has 0 bridgehead atoms. The number of aryl methyl sites for hydroxylation is 1. The maximum atomic E-state index is 5.86. The summed E-state index contributed by atoms with van der Waals surface area (Å²) in [6, 6.07) is 10.5. The van der Waals surface area contributed by atoms with Crippen molar-refractivity contribution >= 4 is 10.9 Å². The molecule has 4 heteroatoms. The first-order valence-electron chi connectivity index (χ1n) is 7.23. The van der Waals surface area contributed by atoms with E-state index < -0.39 is 0 Å². The molecule has 1 fully saturated rings. The normalized spacial score (nSPS) is 21.0. The molecule has 0 aliphatic carbocycles. The number of nitrogens with two attached hydrogens (primary N) is 1. The number of hydrazine groups is 1. The Morgan fingerprint density at radius 2 is 2.20 bits per heavy atom. The number of ether oxygens (including phenoxy) is 1. The largest absolute Gasteiger partial charge is 0.376 e. The van der Waals surface area contributed by atoms with Crippen molar-refractivity contribution in [2.75, 3.05) is 6.61 Å². The van der Waals surface area contributed by atoms with Crippen molar-refractivity contribution in [2.24, 2.45) is 5.84 Å². The summed E-state index contributed by atoms with van der Waals surface area (Å²) in [6.07, 6.45) is 3.56. The molecule has 20 heavy (non-hydrogen) atoms. The van der Waals surface area contributed by atoms with Crippen LogP contribution in [-0.4, -0.2) is 17.7 Å². The fourth-order valence-corrected chi connectivity index (χ4v) is 2.89. The predicted octanol–water partition coefficient (Wildman–Crippen LogP) is 2.62. The van der Waals surface area contributed by atoms with E-state index in [0.29, 0.717) is 0 Å². The van der Waals surface area contributed by atoms with Crippen molar-refractivity contribution in [3.8, 4) is 0 Å². The summed E-state index contributed by atoms with van der Waals surface area (Å²) >= 11 is 0. The van der Waals surface area contributed by atoms with Crippen molar-refractivity contribution in [1.29, 1.82) is 0 Å². The zero-order valence-corrected chi connectivity index (χ0v) is 11.8. The second-order valence-electron chi connectivity index (χ2n) is 5.45. The van der Waals surface area contributed by atoms with E-state index in [0.717, 1.165) is 41.6 Å². The van der Waals surface area contributed by atoms with E-state index in [1.54, 1.807) is 0 Å². The zero-order chi connectivity index (χ0) is 13.9. The van der Waals surface area contributed by atoms with Gasteiger partial charge in [0.2, 0.25) is 0 Å². The van der Waals surface area contributed by atoms with Gasteiger partial charge in [-0.3, -0.25) is 16.3 Å². The van der Waals surface area contributed by atoms with Crippen LogP contribution in [-0.2, 0) is 4.74 Å². The van der Waals surface area contributed by atoms with Crippen molar-refractivity contribution < 1.29 is 4.74 Å². The van der Waals surface area contributed by atoms with Crippen molar-refractivity contribution in [1.82, 2.24) is 10.4 Å². The van der Waals surface area contributed by atoms with Crippen LogP contribution < -0.4 is 11.3 Å². The van der Waals surface area contributed by atoms with Gasteiger partial charge >= 0.3 is 0 Å². The molecule has 4 nitrogen and oxygen atoms in total. The summed E-state index contributed by atoms with van der Waals surface area (Å²) in [7, 11) is 0. The summed E-state index contributed by atoms with van der Waals surface area (Å²) in [6.45, 7) is 2.84. The van der Waals surface area contributed by atoms with E-state index in [9.17, 15) is 0 Å². The second kappa shape index (κ2) is 5.87. The van der Waals surface area contributed by atoms with Gasteiger partial charge in [-0.1, -0.05) is 12.1 Å². The lowest BCUT2D eigenvalue weighted by molar-refractivity contribution is -0.00819. The van der Waals surface area contributed by atoms with E-state index in [1.165, 1.54) is 6.42 Å². The van der Waals surface area contributed by atoms with Gasteiger partial charge in [-0.2, -0.15) is 0 Å². The van der Waals surface area contributed by atoms with Crippen LogP contribution in [0.5, 0.6) is 0 Å². The maximum Gasteiger partial charge on any atom is 0.0782 e. The summed E-state index contributed by atoms with van der Waals surface area (Å²) in [4.78, 5) is 4.53. The number of pyridine rings is 1. The molecule has 1 aromatic carbocycles. The standard InChI is InChI=1S/C16H21N3O/c1-11-5-6-12-10-13(7-8-14(12)18-11)16(19-17)15-4-2-3-9-20-15/h5-8,10,15-16,19H,2-4,9,17H2,1H3. The van der Waals surface area contributed by atoms with Crippen LogP contribution >= 0.6 is 0 Å². The number of fused-ring (bicyclic) bond motifs is 1. The number of rotatable bonds is 3. The third-order valence-corrected chi connectivity index (χ3v) is 3.98. The molecule has 1 aliphatic rings. The van der Waals surface area contributed by atoms with Gasteiger partial charge in [0.25, 0.3) is 0 Å². The number of nitrogens with zero attached hydrogens (tertiary/aromatic N) is 1. The summed E-state index contributed by atoms with van der Waals surface area (Å²) in [5, 5.41) is 1.14. The number of nitrogens with one attached hydrogen (secondary N) is 1. The molecule has 2 heterocycles. The monoisotopic (exact) mass is 271 g/mol. The Bertz CT molecular complexity index is 593. The lowest BCUT2D eigenvalue weighted by Crippen LogP contribution is -2.39. The molecule has 2 aromatic rings. The van der Waals surface area contributed by atoms with Gasteiger partial charge in [-0.05, 0) is 49.9 Å². The SMILES string of the molecule is Cc1ccc2cc(C(NN)C3CCCCO3)ccc2n1. The second-order valence-corrected chi connectivity index (χ2v) is 5.45. The predicted molar refractivity (Wildman–Crippen MR) is 80.1 cm³/mol. The topological polar surface area (TPSA) is 60.2 Å². The molecular weight excluding hydrogens is 250 g/mol. The first kappa shape index (κ1) is 13.5. The average Bonchev–Trinajstić information content (AvgIpc) is 2.49. The number of benzene rings is 1. The van der Waals surface area contributed by atoms with E-state index in [2.05, 4.69) is 34.7 Å². The maximum absolute atomic E-state index is 5.86. The molecular formula is C16H21N3O. The lowest BCUT2D eigenvalue weighted by atomic mass is 9.95. The van der Waals surface area contributed by atoms with Crippen molar-refractivity contribution in [3.63, 3.8) is 0 Å². The third-order valence-electron chi connectivity index (χ3n) is 3.98. The average molecular weight is 271 g/mol.